The van der Waals surface area contributed by atoms with Crippen molar-refractivity contribution in [3.8, 4) is 23.0 Å². The first-order chi connectivity index (χ1) is 14.2. The predicted octanol–water partition coefficient (Wildman–Crippen LogP) is 4.02. The molecule has 2 heterocycles. The molecule has 150 valence electrons. The smallest absolute Gasteiger partial charge is 0.203 e. The van der Waals surface area contributed by atoms with Gasteiger partial charge in [-0.05, 0) is 41.5 Å². The summed E-state index contributed by atoms with van der Waals surface area (Å²) in [6.07, 6.45) is 9.69. The van der Waals surface area contributed by atoms with Crippen molar-refractivity contribution in [2.45, 2.75) is 12.1 Å². The van der Waals surface area contributed by atoms with Crippen molar-refractivity contribution in [3.05, 3.63) is 71.3 Å². The Morgan fingerprint density at radius 3 is 2.48 bits per heavy atom. The Morgan fingerprint density at radius 2 is 1.76 bits per heavy atom. The topological polar surface area (TPSA) is 58.5 Å². The number of methoxy groups -OCH3 is 3. The molecule has 29 heavy (non-hydrogen) atoms. The molecule has 6 heteroatoms. The fourth-order valence-electron chi connectivity index (χ4n) is 3.75. The zero-order chi connectivity index (χ0) is 20.3. The second-order valence-electron chi connectivity index (χ2n) is 6.60. The van der Waals surface area contributed by atoms with Crippen LogP contribution in [0.15, 0.2) is 59.6 Å². The first-order valence-corrected chi connectivity index (χ1v) is 9.26. The Morgan fingerprint density at radius 1 is 0.966 bits per heavy atom. The van der Waals surface area contributed by atoms with Crippen molar-refractivity contribution < 1.29 is 23.7 Å². The highest BCUT2D eigenvalue weighted by atomic mass is 16.7. The monoisotopic (exact) mass is 393 g/mol. The van der Waals surface area contributed by atoms with Crippen molar-refractivity contribution >= 4 is 6.21 Å². The fraction of sp³-hybridized carbons (Fsp3) is 0.261. The van der Waals surface area contributed by atoms with E-state index >= 15 is 0 Å². The van der Waals surface area contributed by atoms with E-state index in [1.165, 1.54) is 0 Å². The Bertz CT molecular complexity index is 952. The van der Waals surface area contributed by atoms with Gasteiger partial charge in [0, 0.05) is 11.8 Å². The molecule has 0 saturated heterocycles. The number of benzene rings is 2. The lowest BCUT2D eigenvalue weighted by Gasteiger charge is -2.32. The van der Waals surface area contributed by atoms with Gasteiger partial charge < -0.3 is 23.7 Å². The molecule has 0 N–H and O–H groups in total. The molecule has 2 aromatic rings. The normalized spacial score (nSPS) is 19.8. The molecular formula is C23H23NO5. The van der Waals surface area contributed by atoms with Gasteiger partial charge in [0.25, 0.3) is 0 Å². The van der Waals surface area contributed by atoms with Crippen LogP contribution in [0.3, 0.4) is 0 Å². The van der Waals surface area contributed by atoms with E-state index in [0.29, 0.717) is 23.9 Å². The molecule has 0 radical (unpaired) electrons. The first kappa shape index (κ1) is 19.1. The average molecular weight is 393 g/mol. The van der Waals surface area contributed by atoms with Gasteiger partial charge in [-0.1, -0.05) is 24.3 Å². The third kappa shape index (κ3) is 3.25. The number of nitrogens with zero attached hydrogens (tertiary/aromatic N) is 1. The lowest BCUT2D eigenvalue weighted by molar-refractivity contribution is -0.0171. The van der Waals surface area contributed by atoms with Crippen molar-refractivity contribution in [2.24, 2.45) is 4.99 Å². The largest absolute Gasteiger partial charge is 0.493 e. The van der Waals surface area contributed by atoms with Crippen LogP contribution in [0.2, 0.25) is 0 Å². The molecule has 0 aromatic heterocycles. The third-order valence-corrected chi connectivity index (χ3v) is 5.12. The minimum atomic E-state index is -0.814. The van der Waals surface area contributed by atoms with E-state index in [-0.39, 0.29) is 6.79 Å². The van der Waals surface area contributed by atoms with Gasteiger partial charge in [0.05, 0.1) is 27.9 Å². The van der Waals surface area contributed by atoms with E-state index in [1.807, 2.05) is 48.6 Å². The van der Waals surface area contributed by atoms with Crippen molar-refractivity contribution in [1.29, 1.82) is 0 Å². The highest BCUT2D eigenvalue weighted by Gasteiger charge is 2.36. The molecule has 0 fully saturated rings. The maximum Gasteiger partial charge on any atom is 0.203 e. The van der Waals surface area contributed by atoms with E-state index in [2.05, 4.69) is 6.08 Å². The molecule has 0 bridgehead atoms. The highest BCUT2D eigenvalue weighted by molar-refractivity contribution is 5.75. The fourth-order valence-corrected chi connectivity index (χ4v) is 3.75. The zero-order valence-corrected chi connectivity index (χ0v) is 16.7. The summed E-state index contributed by atoms with van der Waals surface area (Å²) in [4.78, 5) is 4.95. The van der Waals surface area contributed by atoms with E-state index in [9.17, 15) is 0 Å². The van der Waals surface area contributed by atoms with Gasteiger partial charge in [-0.2, -0.15) is 0 Å². The number of hydrogen-bond donors (Lipinski definition) is 0. The van der Waals surface area contributed by atoms with Gasteiger partial charge in [-0.15, -0.1) is 0 Å². The number of allylic oxidation sites excluding steroid dienone is 3. The van der Waals surface area contributed by atoms with Crippen LogP contribution in [-0.4, -0.2) is 34.3 Å². The van der Waals surface area contributed by atoms with E-state index in [0.717, 1.165) is 22.4 Å². The summed E-state index contributed by atoms with van der Waals surface area (Å²) >= 11 is 0. The van der Waals surface area contributed by atoms with Gasteiger partial charge in [-0.25, -0.2) is 0 Å². The second kappa shape index (κ2) is 8.01. The number of hydrogen-bond acceptors (Lipinski definition) is 6. The lowest BCUT2D eigenvalue weighted by Crippen LogP contribution is -2.27. The van der Waals surface area contributed by atoms with Crippen LogP contribution in [0.5, 0.6) is 23.0 Å². The Balaban J connectivity index is 2.00. The number of fused-ring (bicyclic) bond motifs is 1. The summed E-state index contributed by atoms with van der Waals surface area (Å²) in [5.41, 5.74) is 2.00. The molecule has 0 saturated carbocycles. The highest BCUT2D eigenvalue weighted by Crippen LogP contribution is 2.47. The molecule has 2 aliphatic heterocycles. The molecular weight excluding hydrogens is 370 g/mol. The van der Waals surface area contributed by atoms with Gasteiger partial charge in [0.1, 0.15) is 11.3 Å². The summed E-state index contributed by atoms with van der Waals surface area (Å²) in [6, 6.07) is 9.83. The summed E-state index contributed by atoms with van der Waals surface area (Å²) in [6.45, 7) is 0.697. The number of rotatable bonds is 5. The Kier molecular flexibility index (Phi) is 5.27. The Hall–Kier alpha value is -3.25. The molecule has 2 aliphatic rings. The molecule has 2 aromatic carbocycles. The van der Waals surface area contributed by atoms with Crippen LogP contribution < -0.4 is 18.9 Å². The first-order valence-electron chi connectivity index (χ1n) is 9.26. The SMILES string of the molecule is COc1cc(C2(c3cccc4c3COCO4)C=CC=CC=N2)cc(OC)c1OC. The van der Waals surface area contributed by atoms with E-state index < -0.39 is 5.54 Å². The Labute approximate surface area is 170 Å². The minimum Gasteiger partial charge on any atom is -0.493 e. The van der Waals surface area contributed by atoms with Crippen LogP contribution in [0.4, 0.5) is 0 Å². The van der Waals surface area contributed by atoms with Crippen LogP contribution in [0.1, 0.15) is 16.7 Å². The van der Waals surface area contributed by atoms with Crippen LogP contribution in [-0.2, 0) is 16.9 Å². The summed E-state index contributed by atoms with van der Waals surface area (Å²) in [5, 5.41) is 0. The van der Waals surface area contributed by atoms with Crippen LogP contribution in [0.25, 0.3) is 0 Å². The van der Waals surface area contributed by atoms with Crippen LogP contribution in [0, 0.1) is 0 Å². The average Bonchev–Trinajstić information content (AvgIpc) is 3.04. The predicted molar refractivity (Wildman–Crippen MR) is 110 cm³/mol. The van der Waals surface area contributed by atoms with E-state index in [1.54, 1.807) is 27.5 Å². The van der Waals surface area contributed by atoms with E-state index in [4.69, 9.17) is 28.7 Å². The quantitative estimate of drug-likeness (QED) is 0.768. The minimum absolute atomic E-state index is 0.244. The standard InChI is InChI=1S/C23H23NO5/c1-25-20-12-16(13-21(26-2)22(20)27-3)23(10-5-4-6-11-24-23)18-8-7-9-19-17(18)14-28-15-29-19/h4-13H,14-15H2,1-3H3. The lowest BCUT2D eigenvalue weighted by atomic mass is 9.80. The van der Waals surface area contributed by atoms with Crippen molar-refractivity contribution in [1.82, 2.24) is 0 Å². The summed E-state index contributed by atoms with van der Waals surface area (Å²) in [5.74, 6) is 2.48. The summed E-state index contributed by atoms with van der Waals surface area (Å²) in [7, 11) is 4.80. The molecule has 1 atom stereocenters. The number of aliphatic imine (C=N–C) groups is 1. The van der Waals surface area contributed by atoms with Gasteiger partial charge in [0.15, 0.2) is 18.3 Å². The maximum absolute atomic E-state index is 5.71. The van der Waals surface area contributed by atoms with Gasteiger partial charge in [0.2, 0.25) is 5.75 Å². The molecule has 4 rings (SSSR count). The van der Waals surface area contributed by atoms with Crippen molar-refractivity contribution in [2.75, 3.05) is 28.1 Å². The van der Waals surface area contributed by atoms with Crippen molar-refractivity contribution in [3.63, 3.8) is 0 Å². The van der Waals surface area contributed by atoms with Crippen LogP contribution >= 0.6 is 0 Å². The molecule has 0 amide bonds. The zero-order valence-electron chi connectivity index (χ0n) is 16.7. The van der Waals surface area contributed by atoms with Gasteiger partial charge >= 0.3 is 0 Å². The summed E-state index contributed by atoms with van der Waals surface area (Å²) < 4.78 is 28.0. The maximum atomic E-state index is 5.71. The molecule has 0 aliphatic carbocycles. The number of ether oxygens (including phenoxy) is 5. The second-order valence-corrected chi connectivity index (χ2v) is 6.60. The van der Waals surface area contributed by atoms with Gasteiger partial charge in [-0.3, -0.25) is 4.99 Å². The molecule has 1 unspecified atom stereocenters. The molecule has 0 spiro atoms. The third-order valence-electron chi connectivity index (χ3n) is 5.12. The molecule has 6 nitrogen and oxygen atoms in total.